The van der Waals surface area contributed by atoms with Crippen LogP contribution in [0.4, 0.5) is 4.39 Å². The molecular weight excluding hydrogens is 349 g/mol. The van der Waals surface area contributed by atoms with Crippen molar-refractivity contribution in [3.05, 3.63) is 35.4 Å². The highest BCUT2D eigenvalue weighted by Gasteiger charge is 2.16. The lowest BCUT2D eigenvalue weighted by Crippen LogP contribution is -2.11. The van der Waals surface area contributed by atoms with Crippen LogP contribution in [0.2, 0.25) is 0 Å². The second kappa shape index (κ2) is 8.61. The number of hydrogen-bond acceptors (Lipinski definition) is 7. The molecule has 0 N–H and O–H groups in total. The number of thioether (sulfide) groups is 1. The van der Waals surface area contributed by atoms with Crippen LogP contribution in [0, 0.1) is 5.82 Å². The molecule has 0 aliphatic carbocycles. The van der Waals surface area contributed by atoms with Crippen molar-refractivity contribution in [1.82, 2.24) is 14.8 Å². The number of nitrogens with zero attached hydrogens (tertiary/aromatic N) is 3. The van der Waals surface area contributed by atoms with Crippen LogP contribution >= 0.6 is 11.8 Å². The summed E-state index contributed by atoms with van der Waals surface area (Å²) in [7, 11) is 3.06. The number of ether oxygens (including phenoxy) is 2. The lowest BCUT2D eigenvalue weighted by atomic mass is 10.1. The van der Waals surface area contributed by atoms with Crippen molar-refractivity contribution in [1.29, 1.82) is 0 Å². The van der Waals surface area contributed by atoms with Crippen molar-refractivity contribution in [3.8, 4) is 5.75 Å². The first-order valence-corrected chi connectivity index (χ1v) is 8.48. The SMILES string of the molecule is CCOC(=O)Cc1nnc(SCC(=O)c2ccc(OC)c(F)c2)n1C. The van der Waals surface area contributed by atoms with Crippen LogP contribution in [0.1, 0.15) is 23.1 Å². The normalized spacial score (nSPS) is 10.6. The van der Waals surface area contributed by atoms with Crippen molar-refractivity contribution in [2.75, 3.05) is 19.5 Å². The first-order chi connectivity index (χ1) is 12.0. The maximum Gasteiger partial charge on any atom is 0.313 e. The van der Waals surface area contributed by atoms with E-state index in [0.717, 1.165) is 17.8 Å². The van der Waals surface area contributed by atoms with Crippen molar-refractivity contribution in [2.45, 2.75) is 18.5 Å². The highest BCUT2D eigenvalue weighted by Crippen LogP contribution is 2.21. The third-order valence-electron chi connectivity index (χ3n) is 3.34. The number of rotatable bonds is 8. The van der Waals surface area contributed by atoms with Crippen molar-refractivity contribution < 1.29 is 23.5 Å². The summed E-state index contributed by atoms with van der Waals surface area (Å²) in [6.45, 7) is 2.02. The van der Waals surface area contributed by atoms with Gasteiger partial charge in [0.25, 0.3) is 0 Å². The first-order valence-electron chi connectivity index (χ1n) is 7.49. The van der Waals surface area contributed by atoms with E-state index in [2.05, 4.69) is 10.2 Å². The van der Waals surface area contributed by atoms with Crippen LogP contribution in [0.25, 0.3) is 0 Å². The van der Waals surface area contributed by atoms with E-state index in [4.69, 9.17) is 9.47 Å². The molecule has 0 radical (unpaired) electrons. The van der Waals surface area contributed by atoms with Gasteiger partial charge < -0.3 is 14.0 Å². The average molecular weight is 367 g/mol. The van der Waals surface area contributed by atoms with Crippen LogP contribution < -0.4 is 4.74 Å². The number of methoxy groups -OCH3 is 1. The summed E-state index contributed by atoms with van der Waals surface area (Å²) in [5.74, 6) is -0.628. The molecule has 1 aromatic carbocycles. The van der Waals surface area contributed by atoms with Crippen molar-refractivity contribution in [2.24, 2.45) is 7.05 Å². The predicted octanol–water partition coefficient (Wildman–Crippen LogP) is 2.04. The third-order valence-corrected chi connectivity index (χ3v) is 4.36. The van der Waals surface area contributed by atoms with E-state index in [0.29, 0.717) is 17.6 Å². The Morgan fingerprint density at radius 1 is 1.32 bits per heavy atom. The Balaban J connectivity index is 1.99. The number of benzene rings is 1. The van der Waals surface area contributed by atoms with Gasteiger partial charge in [0.15, 0.2) is 22.5 Å². The lowest BCUT2D eigenvalue weighted by molar-refractivity contribution is -0.142. The number of carbonyl (C=O) groups is 2. The zero-order valence-corrected chi connectivity index (χ0v) is 14.9. The van der Waals surface area contributed by atoms with Gasteiger partial charge in [-0.3, -0.25) is 9.59 Å². The zero-order valence-electron chi connectivity index (χ0n) is 14.1. The summed E-state index contributed by atoms with van der Waals surface area (Å²) in [4.78, 5) is 23.7. The second-order valence-electron chi connectivity index (χ2n) is 5.00. The molecule has 1 aromatic heterocycles. The van der Waals surface area contributed by atoms with Crippen LogP contribution in [0.3, 0.4) is 0 Å². The Morgan fingerprint density at radius 2 is 2.08 bits per heavy atom. The minimum Gasteiger partial charge on any atom is -0.494 e. The van der Waals surface area contributed by atoms with Crippen LogP contribution in [-0.2, 0) is 23.0 Å². The number of Topliss-reactive ketones (excluding diaryl/α,β-unsaturated/α-hetero) is 1. The molecule has 2 aromatic rings. The number of esters is 1. The largest absolute Gasteiger partial charge is 0.494 e. The molecule has 134 valence electrons. The quantitative estimate of drug-likeness (QED) is 0.401. The van der Waals surface area contributed by atoms with E-state index < -0.39 is 5.82 Å². The van der Waals surface area contributed by atoms with E-state index >= 15 is 0 Å². The lowest BCUT2D eigenvalue weighted by Gasteiger charge is -2.05. The predicted molar refractivity (Wildman–Crippen MR) is 89.3 cm³/mol. The van der Waals surface area contributed by atoms with Gasteiger partial charge in [-0.05, 0) is 25.1 Å². The fourth-order valence-corrected chi connectivity index (χ4v) is 2.84. The van der Waals surface area contributed by atoms with E-state index in [-0.39, 0.29) is 35.2 Å². The van der Waals surface area contributed by atoms with Gasteiger partial charge in [0.05, 0.1) is 19.5 Å². The molecule has 9 heteroatoms. The standard InChI is InChI=1S/C16H18FN3O4S/c1-4-24-15(22)8-14-18-19-16(20(14)2)25-9-12(21)10-5-6-13(23-3)11(17)7-10/h5-7H,4,8-9H2,1-3H3. The van der Waals surface area contributed by atoms with Crippen molar-refractivity contribution in [3.63, 3.8) is 0 Å². The molecular formula is C16H18FN3O4S. The average Bonchev–Trinajstić information content (AvgIpc) is 2.93. The maximum atomic E-state index is 13.7. The van der Waals surface area contributed by atoms with Gasteiger partial charge in [0.2, 0.25) is 0 Å². The monoisotopic (exact) mass is 367 g/mol. The first kappa shape index (κ1) is 18.9. The fraction of sp³-hybridized carbons (Fsp3) is 0.375. The topological polar surface area (TPSA) is 83.3 Å². The summed E-state index contributed by atoms with van der Waals surface area (Å²) in [5, 5.41) is 8.38. The van der Waals surface area contributed by atoms with Crippen LogP contribution in [-0.4, -0.2) is 46.0 Å². The number of aromatic nitrogens is 3. The van der Waals surface area contributed by atoms with Gasteiger partial charge in [0, 0.05) is 12.6 Å². The molecule has 0 unspecified atom stereocenters. The van der Waals surface area contributed by atoms with Crippen molar-refractivity contribution >= 4 is 23.5 Å². The van der Waals surface area contributed by atoms with Gasteiger partial charge >= 0.3 is 5.97 Å². The number of hydrogen-bond donors (Lipinski definition) is 0. The molecule has 2 rings (SSSR count). The molecule has 1 heterocycles. The molecule has 0 atom stereocenters. The smallest absolute Gasteiger partial charge is 0.313 e. The van der Waals surface area contributed by atoms with E-state index in [1.807, 2.05) is 0 Å². The summed E-state index contributed by atoms with van der Waals surface area (Å²) in [6.07, 6.45) is 0.00946. The molecule has 0 spiro atoms. The summed E-state index contributed by atoms with van der Waals surface area (Å²) in [6, 6.07) is 4.06. The minimum atomic E-state index is -0.589. The molecule has 0 fully saturated rings. The van der Waals surface area contributed by atoms with E-state index in [1.165, 1.54) is 19.2 Å². The van der Waals surface area contributed by atoms with Gasteiger partial charge in [-0.2, -0.15) is 0 Å². The van der Waals surface area contributed by atoms with Crippen LogP contribution in [0.15, 0.2) is 23.4 Å². The molecule has 0 saturated carbocycles. The zero-order chi connectivity index (χ0) is 18.4. The van der Waals surface area contributed by atoms with Gasteiger partial charge in [0.1, 0.15) is 12.2 Å². The number of carbonyl (C=O) groups excluding carboxylic acids is 2. The second-order valence-corrected chi connectivity index (χ2v) is 5.94. The molecule has 25 heavy (non-hydrogen) atoms. The third kappa shape index (κ3) is 4.79. The molecule has 0 saturated heterocycles. The summed E-state index contributed by atoms with van der Waals surface area (Å²) >= 11 is 1.16. The molecule has 0 aliphatic heterocycles. The Bertz CT molecular complexity index is 779. The Hall–Kier alpha value is -2.42. The Kier molecular flexibility index (Phi) is 6.51. The highest BCUT2D eigenvalue weighted by molar-refractivity contribution is 7.99. The van der Waals surface area contributed by atoms with Gasteiger partial charge in [-0.15, -0.1) is 10.2 Å². The maximum absolute atomic E-state index is 13.7. The molecule has 0 amide bonds. The number of ketones is 1. The number of halogens is 1. The molecule has 7 nitrogen and oxygen atoms in total. The fourth-order valence-electron chi connectivity index (χ4n) is 2.02. The Morgan fingerprint density at radius 3 is 2.72 bits per heavy atom. The molecule has 0 bridgehead atoms. The Labute approximate surface area is 148 Å². The summed E-state index contributed by atoms with van der Waals surface area (Å²) in [5.41, 5.74) is 0.250. The highest BCUT2D eigenvalue weighted by atomic mass is 32.2. The van der Waals surface area contributed by atoms with E-state index in [9.17, 15) is 14.0 Å². The van der Waals surface area contributed by atoms with Gasteiger partial charge in [-0.1, -0.05) is 11.8 Å². The summed E-state index contributed by atoms with van der Waals surface area (Å²) < 4.78 is 25.0. The van der Waals surface area contributed by atoms with E-state index in [1.54, 1.807) is 18.5 Å². The molecule has 0 aliphatic rings. The van der Waals surface area contributed by atoms with Gasteiger partial charge in [-0.25, -0.2) is 4.39 Å². The minimum absolute atomic E-state index is 0.00946. The van der Waals surface area contributed by atoms with Crippen LogP contribution in [0.5, 0.6) is 5.75 Å².